The summed E-state index contributed by atoms with van der Waals surface area (Å²) in [7, 11) is 0. The molecule has 148 valence electrons. The molecule has 4 rings (SSSR count). The lowest BCUT2D eigenvalue weighted by Crippen LogP contribution is -2.37. The number of fused-ring (bicyclic) bond motifs is 1. The van der Waals surface area contributed by atoms with E-state index in [0.29, 0.717) is 61.2 Å². The number of halogens is 2. The minimum Gasteiger partial charge on any atom is -0.381 e. The van der Waals surface area contributed by atoms with Crippen LogP contribution in [-0.4, -0.2) is 48.4 Å². The first-order chi connectivity index (χ1) is 13.6. The molecule has 0 spiro atoms. The third-order valence-electron chi connectivity index (χ3n) is 5.08. The van der Waals surface area contributed by atoms with Crippen LogP contribution in [0.15, 0.2) is 24.4 Å². The lowest BCUT2D eigenvalue weighted by molar-refractivity contribution is 0.102. The molecule has 8 heteroatoms. The summed E-state index contributed by atoms with van der Waals surface area (Å²) in [5, 5.41) is 3.33. The van der Waals surface area contributed by atoms with E-state index < -0.39 is 6.17 Å². The minimum absolute atomic E-state index is 0.259. The Kier molecular flexibility index (Phi) is 5.73. The van der Waals surface area contributed by atoms with Crippen LogP contribution in [0.4, 0.5) is 16.0 Å². The zero-order chi connectivity index (χ0) is 19.5. The monoisotopic (exact) mass is 404 g/mol. The fraction of sp³-hybridized carbons (Fsp3) is 0.450. The number of anilines is 2. The van der Waals surface area contributed by atoms with Crippen molar-refractivity contribution < 1.29 is 13.9 Å². The van der Waals surface area contributed by atoms with Gasteiger partial charge in [-0.25, -0.2) is 14.4 Å². The number of nitrogens with zero attached hydrogens (tertiary/aromatic N) is 3. The molecule has 2 aromatic rings. The topological polar surface area (TPSA) is 67.4 Å². The smallest absolute Gasteiger partial charge is 0.257 e. The van der Waals surface area contributed by atoms with Crippen LogP contribution < -0.4 is 10.2 Å². The lowest BCUT2D eigenvalue weighted by Gasteiger charge is -2.31. The number of alkyl halides is 1. The Balaban J connectivity index is 1.68. The van der Waals surface area contributed by atoms with E-state index in [1.165, 1.54) is 6.20 Å². The van der Waals surface area contributed by atoms with Crippen LogP contribution in [-0.2, 0) is 17.6 Å². The summed E-state index contributed by atoms with van der Waals surface area (Å²) < 4.78 is 19.5. The van der Waals surface area contributed by atoms with Crippen molar-refractivity contribution >= 4 is 29.1 Å². The van der Waals surface area contributed by atoms with Gasteiger partial charge in [0.05, 0.1) is 24.8 Å². The van der Waals surface area contributed by atoms with E-state index in [2.05, 4.69) is 10.3 Å². The largest absolute Gasteiger partial charge is 0.381 e. The Hall–Kier alpha value is -2.25. The molecule has 6 nitrogen and oxygen atoms in total. The van der Waals surface area contributed by atoms with E-state index in [0.717, 1.165) is 24.2 Å². The molecule has 0 aromatic carbocycles. The second-order valence-electron chi connectivity index (χ2n) is 7.07. The average Bonchev–Trinajstić information content (AvgIpc) is 2.94. The van der Waals surface area contributed by atoms with Crippen LogP contribution in [0, 0.1) is 0 Å². The molecule has 0 unspecified atom stereocenters. The summed E-state index contributed by atoms with van der Waals surface area (Å²) >= 11 is 5.86. The molecule has 2 aliphatic rings. The zero-order valence-electron chi connectivity index (χ0n) is 15.5. The first-order valence-electron chi connectivity index (χ1n) is 9.52. The Labute approximate surface area is 168 Å². The molecular formula is C20H22ClFN4O2. The second-order valence-corrected chi connectivity index (χ2v) is 7.50. The maximum atomic E-state index is 13.9. The van der Waals surface area contributed by atoms with Crippen molar-refractivity contribution in [3.63, 3.8) is 0 Å². The van der Waals surface area contributed by atoms with Crippen molar-refractivity contribution in [1.82, 2.24) is 9.97 Å². The summed E-state index contributed by atoms with van der Waals surface area (Å²) in [5.74, 6) is 0.816. The molecule has 4 heterocycles. The Bertz CT molecular complexity index is 862. The normalized spacial score (nSPS) is 19.6. The molecule has 0 bridgehead atoms. The van der Waals surface area contributed by atoms with Crippen LogP contribution >= 0.6 is 11.6 Å². The number of carbonyl (C=O) groups excluding carboxylic acids is 1. The van der Waals surface area contributed by atoms with Crippen LogP contribution in [0.3, 0.4) is 0 Å². The van der Waals surface area contributed by atoms with Gasteiger partial charge in [0.25, 0.3) is 5.91 Å². The molecule has 1 saturated heterocycles. The van der Waals surface area contributed by atoms with Gasteiger partial charge in [-0.1, -0.05) is 11.6 Å². The van der Waals surface area contributed by atoms with E-state index in [1.54, 1.807) is 18.2 Å². The van der Waals surface area contributed by atoms with Crippen molar-refractivity contribution in [2.45, 2.75) is 31.9 Å². The first kappa shape index (κ1) is 19.1. The van der Waals surface area contributed by atoms with E-state index in [-0.39, 0.29) is 5.91 Å². The standard InChI is InChI=1S/C20H22ClFN4O2/c21-13-3-4-18(23-11-13)25-20(27)16-10-19(26-7-1-2-14(22)12-26)24-17-6-9-28-8-5-15(16)17/h3-4,10-11,14H,1-2,5-9,12H2,(H,23,25,27)/t14-/m1/s1. The summed E-state index contributed by atoms with van der Waals surface area (Å²) in [5.41, 5.74) is 2.29. The summed E-state index contributed by atoms with van der Waals surface area (Å²) in [6, 6.07) is 5.10. The van der Waals surface area contributed by atoms with Gasteiger partial charge >= 0.3 is 0 Å². The highest BCUT2D eigenvalue weighted by molar-refractivity contribution is 6.30. The number of piperidine rings is 1. The average molecular weight is 405 g/mol. The number of amides is 1. The Morgan fingerprint density at radius 1 is 1.32 bits per heavy atom. The van der Waals surface area contributed by atoms with Gasteiger partial charge in [0.15, 0.2) is 0 Å². The molecular weight excluding hydrogens is 383 g/mol. The molecule has 1 amide bonds. The lowest BCUT2D eigenvalue weighted by atomic mass is 10.0. The maximum absolute atomic E-state index is 13.9. The number of hydrogen-bond acceptors (Lipinski definition) is 5. The van der Waals surface area contributed by atoms with E-state index >= 15 is 0 Å². The summed E-state index contributed by atoms with van der Waals surface area (Å²) in [6.45, 7) is 2.16. The number of rotatable bonds is 3. The number of hydrogen-bond donors (Lipinski definition) is 1. The number of nitrogens with one attached hydrogen (secondary N) is 1. The molecule has 1 atom stereocenters. The van der Waals surface area contributed by atoms with Crippen molar-refractivity contribution in [3.8, 4) is 0 Å². The van der Waals surface area contributed by atoms with Gasteiger partial charge in [-0.2, -0.15) is 0 Å². The molecule has 2 aromatic heterocycles. The minimum atomic E-state index is -0.867. The van der Waals surface area contributed by atoms with Crippen molar-refractivity contribution in [1.29, 1.82) is 0 Å². The zero-order valence-corrected chi connectivity index (χ0v) is 16.2. The van der Waals surface area contributed by atoms with Crippen LogP contribution in [0.2, 0.25) is 5.02 Å². The molecule has 0 saturated carbocycles. The van der Waals surface area contributed by atoms with E-state index in [9.17, 15) is 9.18 Å². The van der Waals surface area contributed by atoms with E-state index in [1.807, 2.05) is 4.90 Å². The highest BCUT2D eigenvalue weighted by atomic mass is 35.5. The number of pyridine rings is 2. The molecule has 28 heavy (non-hydrogen) atoms. The van der Waals surface area contributed by atoms with Gasteiger partial charge in [-0.05, 0) is 43.0 Å². The van der Waals surface area contributed by atoms with E-state index in [4.69, 9.17) is 21.3 Å². The maximum Gasteiger partial charge on any atom is 0.257 e. The van der Waals surface area contributed by atoms with Crippen LogP contribution in [0.1, 0.15) is 34.5 Å². The Morgan fingerprint density at radius 3 is 2.96 bits per heavy atom. The highest BCUT2D eigenvalue weighted by Gasteiger charge is 2.25. The SMILES string of the molecule is O=C(Nc1ccc(Cl)cn1)c1cc(N2CCC[C@@H](F)C2)nc2c1CCOCC2. The van der Waals surface area contributed by atoms with Crippen LogP contribution in [0.25, 0.3) is 0 Å². The molecule has 2 aliphatic heterocycles. The predicted octanol–water partition coefficient (Wildman–Crippen LogP) is 3.44. The number of aromatic nitrogens is 2. The third kappa shape index (κ3) is 4.25. The summed E-state index contributed by atoms with van der Waals surface area (Å²) in [6.07, 6.45) is 3.22. The summed E-state index contributed by atoms with van der Waals surface area (Å²) in [4.78, 5) is 23.9. The van der Waals surface area contributed by atoms with Gasteiger partial charge in [-0.15, -0.1) is 0 Å². The first-order valence-corrected chi connectivity index (χ1v) is 9.90. The fourth-order valence-corrected chi connectivity index (χ4v) is 3.78. The van der Waals surface area contributed by atoms with Gasteiger partial charge in [0.1, 0.15) is 17.8 Å². The van der Waals surface area contributed by atoms with Gasteiger partial charge in [-0.3, -0.25) is 4.79 Å². The van der Waals surface area contributed by atoms with Gasteiger partial charge in [0.2, 0.25) is 0 Å². The van der Waals surface area contributed by atoms with Crippen molar-refractivity contribution in [3.05, 3.63) is 46.2 Å². The predicted molar refractivity (Wildman–Crippen MR) is 106 cm³/mol. The molecule has 1 fully saturated rings. The second kappa shape index (κ2) is 8.41. The van der Waals surface area contributed by atoms with Crippen LogP contribution in [0.5, 0.6) is 0 Å². The number of carbonyl (C=O) groups is 1. The molecule has 1 N–H and O–H groups in total. The molecule has 0 radical (unpaired) electrons. The van der Waals surface area contributed by atoms with Gasteiger partial charge in [0, 0.05) is 30.4 Å². The molecule has 0 aliphatic carbocycles. The van der Waals surface area contributed by atoms with Crippen molar-refractivity contribution in [2.75, 3.05) is 36.5 Å². The fourth-order valence-electron chi connectivity index (χ4n) is 3.67. The quantitative estimate of drug-likeness (QED) is 0.848. The van der Waals surface area contributed by atoms with Crippen molar-refractivity contribution in [2.24, 2.45) is 0 Å². The van der Waals surface area contributed by atoms with Gasteiger partial charge < -0.3 is 15.0 Å². The highest BCUT2D eigenvalue weighted by Crippen LogP contribution is 2.27. The Morgan fingerprint density at radius 2 is 2.18 bits per heavy atom. The third-order valence-corrected chi connectivity index (χ3v) is 5.30. The number of ether oxygens (including phenoxy) is 1.